The Morgan fingerprint density at radius 3 is 3.19 bits per heavy atom. The maximum absolute atomic E-state index is 5.18. The van der Waals surface area contributed by atoms with E-state index in [0.717, 1.165) is 37.3 Å². The zero-order valence-corrected chi connectivity index (χ0v) is 9.19. The number of nitrogens with one attached hydrogen (secondary N) is 1. The molecule has 2 heterocycles. The smallest absolute Gasteiger partial charge is 0.137 e. The van der Waals surface area contributed by atoms with E-state index in [1.54, 1.807) is 0 Å². The fraction of sp³-hybridized carbons (Fsp3) is 0.308. The van der Waals surface area contributed by atoms with Crippen LogP contribution in [0.3, 0.4) is 0 Å². The average Bonchev–Trinajstić information content (AvgIpc) is 2.71. The number of imidazole rings is 1. The Hall–Kier alpha value is -1.79. The van der Waals surface area contributed by atoms with E-state index < -0.39 is 0 Å². The quantitative estimate of drug-likeness (QED) is 0.606. The molecule has 0 saturated heterocycles. The molecule has 0 fully saturated rings. The number of terminal acetylenes is 1. The van der Waals surface area contributed by atoms with Crippen molar-refractivity contribution in [2.24, 2.45) is 0 Å². The van der Waals surface area contributed by atoms with Crippen LogP contribution in [0.2, 0.25) is 0 Å². The standard InChI is InChI=1S/C13H15N3/c1-2-3-5-8-14-10-12-11-16-9-6-4-7-13(16)15-12/h1,4,6-7,9,11,14H,3,5,8,10H2. The minimum atomic E-state index is 0.798. The van der Waals surface area contributed by atoms with Gasteiger partial charge in [-0.25, -0.2) is 4.98 Å². The molecule has 3 nitrogen and oxygen atoms in total. The van der Waals surface area contributed by atoms with Gasteiger partial charge >= 0.3 is 0 Å². The van der Waals surface area contributed by atoms with Crippen LogP contribution in [0.25, 0.3) is 5.65 Å². The van der Waals surface area contributed by atoms with Crippen LogP contribution in [-0.4, -0.2) is 15.9 Å². The molecule has 0 aliphatic heterocycles. The van der Waals surface area contributed by atoms with Crippen LogP contribution in [-0.2, 0) is 6.54 Å². The van der Waals surface area contributed by atoms with Gasteiger partial charge in [0.05, 0.1) is 5.69 Å². The maximum atomic E-state index is 5.18. The largest absolute Gasteiger partial charge is 0.311 e. The van der Waals surface area contributed by atoms with Crippen molar-refractivity contribution in [2.45, 2.75) is 19.4 Å². The Morgan fingerprint density at radius 1 is 1.44 bits per heavy atom. The lowest BCUT2D eigenvalue weighted by atomic mass is 10.3. The summed E-state index contributed by atoms with van der Waals surface area (Å²) >= 11 is 0. The van der Waals surface area contributed by atoms with E-state index in [9.17, 15) is 0 Å². The number of pyridine rings is 1. The predicted octanol–water partition coefficient (Wildman–Crippen LogP) is 1.84. The second kappa shape index (κ2) is 5.34. The van der Waals surface area contributed by atoms with Crippen molar-refractivity contribution in [3.05, 3.63) is 36.3 Å². The Morgan fingerprint density at radius 2 is 2.38 bits per heavy atom. The van der Waals surface area contributed by atoms with Crippen molar-refractivity contribution in [2.75, 3.05) is 6.54 Å². The zero-order chi connectivity index (χ0) is 11.2. The first-order chi connectivity index (χ1) is 7.90. The van der Waals surface area contributed by atoms with Crippen LogP contribution in [0, 0.1) is 12.3 Å². The van der Waals surface area contributed by atoms with Gasteiger partial charge in [-0.15, -0.1) is 12.3 Å². The van der Waals surface area contributed by atoms with E-state index in [4.69, 9.17) is 6.42 Å². The predicted molar refractivity (Wildman–Crippen MR) is 65.0 cm³/mol. The summed E-state index contributed by atoms with van der Waals surface area (Å²) in [5.41, 5.74) is 2.05. The highest BCUT2D eigenvalue weighted by molar-refractivity contribution is 5.39. The number of hydrogen-bond donors (Lipinski definition) is 1. The monoisotopic (exact) mass is 213 g/mol. The summed E-state index contributed by atoms with van der Waals surface area (Å²) in [6.45, 7) is 1.74. The Kier molecular flexibility index (Phi) is 3.58. The van der Waals surface area contributed by atoms with Gasteiger partial charge in [-0.05, 0) is 25.1 Å². The SMILES string of the molecule is C#CCCCNCc1cn2ccccc2n1. The van der Waals surface area contributed by atoms with Gasteiger partial charge in [-0.1, -0.05) is 6.07 Å². The number of rotatable bonds is 5. The molecule has 0 amide bonds. The first kappa shape index (κ1) is 10.7. The first-order valence-electron chi connectivity index (χ1n) is 5.47. The Balaban J connectivity index is 1.88. The Labute approximate surface area is 95.5 Å². The number of unbranched alkanes of at least 4 members (excludes halogenated alkanes) is 1. The van der Waals surface area contributed by atoms with Gasteiger partial charge in [-0.3, -0.25) is 0 Å². The summed E-state index contributed by atoms with van der Waals surface area (Å²) in [7, 11) is 0. The van der Waals surface area contributed by atoms with Gasteiger partial charge in [0.2, 0.25) is 0 Å². The molecule has 2 rings (SSSR count). The molecule has 0 unspecified atom stereocenters. The molecular weight excluding hydrogens is 198 g/mol. The van der Waals surface area contributed by atoms with E-state index in [0.29, 0.717) is 0 Å². The van der Waals surface area contributed by atoms with E-state index >= 15 is 0 Å². The van der Waals surface area contributed by atoms with Crippen LogP contribution in [0.4, 0.5) is 0 Å². The van der Waals surface area contributed by atoms with Crippen LogP contribution >= 0.6 is 0 Å². The van der Waals surface area contributed by atoms with Gasteiger partial charge in [0.15, 0.2) is 0 Å². The van der Waals surface area contributed by atoms with Gasteiger partial charge in [0, 0.05) is 25.4 Å². The third-order valence-corrected chi connectivity index (χ3v) is 2.39. The summed E-state index contributed by atoms with van der Waals surface area (Å²) in [6.07, 6.45) is 11.1. The second-order valence-electron chi connectivity index (χ2n) is 3.68. The molecule has 3 heteroatoms. The lowest BCUT2D eigenvalue weighted by Crippen LogP contribution is -2.14. The van der Waals surface area contributed by atoms with Crippen molar-refractivity contribution in [1.29, 1.82) is 0 Å². The van der Waals surface area contributed by atoms with E-state index in [-0.39, 0.29) is 0 Å². The number of fused-ring (bicyclic) bond motifs is 1. The lowest BCUT2D eigenvalue weighted by molar-refractivity contribution is 0.651. The number of aromatic nitrogens is 2. The normalized spacial score (nSPS) is 10.4. The second-order valence-corrected chi connectivity index (χ2v) is 3.68. The molecule has 0 atom stereocenters. The van der Waals surface area contributed by atoms with E-state index in [2.05, 4.69) is 16.2 Å². The van der Waals surface area contributed by atoms with Gasteiger partial charge in [0.25, 0.3) is 0 Å². The van der Waals surface area contributed by atoms with E-state index in [1.165, 1.54) is 0 Å². The summed E-state index contributed by atoms with van der Waals surface area (Å²) < 4.78 is 2.03. The minimum absolute atomic E-state index is 0.798. The number of nitrogens with zero attached hydrogens (tertiary/aromatic N) is 2. The third kappa shape index (κ3) is 2.62. The lowest BCUT2D eigenvalue weighted by Gasteiger charge is -1.99. The highest BCUT2D eigenvalue weighted by atomic mass is 15.0. The molecule has 82 valence electrons. The average molecular weight is 213 g/mol. The fourth-order valence-electron chi connectivity index (χ4n) is 1.60. The summed E-state index contributed by atoms with van der Waals surface area (Å²) in [4.78, 5) is 4.49. The topological polar surface area (TPSA) is 29.3 Å². The van der Waals surface area contributed by atoms with E-state index in [1.807, 2.05) is 35.0 Å². The van der Waals surface area contributed by atoms with Gasteiger partial charge < -0.3 is 9.72 Å². The van der Waals surface area contributed by atoms with Crippen LogP contribution < -0.4 is 5.32 Å². The van der Waals surface area contributed by atoms with Crippen LogP contribution in [0.15, 0.2) is 30.6 Å². The molecule has 0 saturated carbocycles. The fourth-order valence-corrected chi connectivity index (χ4v) is 1.60. The third-order valence-electron chi connectivity index (χ3n) is 2.39. The zero-order valence-electron chi connectivity index (χ0n) is 9.19. The van der Waals surface area contributed by atoms with Crippen molar-refractivity contribution in [3.8, 4) is 12.3 Å². The molecule has 0 aliphatic carbocycles. The molecule has 16 heavy (non-hydrogen) atoms. The van der Waals surface area contributed by atoms with Crippen LogP contribution in [0.5, 0.6) is 0 Å². The highest BCUT2D eigenvalue weighted by Crippen LogP contribution is 2.03. The minimum Gasteiger partial charge on any atom is -0.311 e. The molecule has 0 radical (unpaired) electrons. The molecule has 1 N–H and O–H groups in total. The van der Waals surface area contributed by atoms with Crippen LogP contribution in [0.1, 0.15) is 18.5 Å². The highest BCUT2D eigenvalue weighted by Gasteiger charge is 1.99. The van der Waals surface area contributed by atoms with Crippen molar-refractivity contribution in [3.63, 3.8) is 0 Å². The molecule has 2 aromatic rings. The molecule has 0 bridgehead atoms. The Bertz CT molecular complexity index is 460. The summed E-state index contributed by atoms with van der Waals surface area (Å²) in [5.74, 6) is 2.63. The molecule has 0 aromatic carbocycles. The summed E-state index contributed by atoms with van der Waals surface area (Å²) in [6, 6.07) is 5.99. The van der Waals surface area contributed by atoms with Crippen molar-refractivity contribution in [1.82, 2.24) is 14.7 Å². The molecular formula is C13H15N3. The van der Waals surface area contributed by atoms with Gasteiger partial charge in [-0.2, -0.15) is 0 Å². The maximum Gasteiger partial charge on any atom is 0.137 e. The van der Waals surface area contributed by atoms with Gasteiger partial charge in [0.1, 0.15) is 5.65 Å². The van der Waals surface area contributed by atoms with Crippen molar-refractivity contribution < 1.29 is 0 Å². The first-order valence-corrected chi connectivity index (χ1v) is 5.47. The molecule has 0 aliphatic rings. The number of hydrogen-bond acceptors (Lipinski definition) is 2. The van der Waals surface area contributed by atoms with Crippen molar-refractivity contribution >= 4 is 5.65 Å². The molecule has 2 aromatic heterocycles. The molecule has 0 spiro atoms. The summed E-state index contributed by atoms with van der Waals surface area (Å²) in [5, 5.41) is 3.33.